The van der Waals surface area contributed by atoms with Gasteiger partial charge in [-0.05, 0) is 114 Å². The van der Waals surface area contributed by atoms with Crippen LogP contribution in [0.4, 0.5) is 34.1 Å². The molecule has 0 aliphatic carbocycles. The second-order valence-corrected chi connectivity index (χ2v) is 16.2. The smallest absolute Gasteiger partial charge is 0.0561 e. The zero-order valence-corrected chi connectivity index (χ0v) is 35.0. The monoisotopic (exact) mass is 818 g/mol. The van der Waals surface area contributed by atoms with Crippen molar-refractivity contribution >= 4 is 77.7 Å². The Labute approximate surface area is 372 Å². The summed E-state index contributed by atoms with van der Waals surface area (Å²) >= 11 is 0. The van der Waals surface area contributed by atoms with Crippen LogP contribution in [0.1, 0.15) is 0 Å². The van der Waals surface area contributed by atoms with Gasteiger partial charge in [0, 0.05) is 67.0 Å². The Bertz CT molecular complexity index is 3550. The number of hydrogen-bond donors (Lipinski definition) is 0. The van der Waals surface area contributed by atoms with Gasteiger partial charge in [0.1, 0.15) is 0 Å². The van der Waals surface area contributed by atoms with Crippen LogP contribution in [-0.4, -0.2) is 9.13 Å². The maximum absolute atomic E-state index is 2.44. The SMILES string of the molecule is c1ccc(-c2ccc(N(c3ccccc3)c3ccc4c5ccccc5n(-c5cccc(-n6c7ccccc7c7ccc(N(c8ccccc8)c8ccccc8)cc76)c5)c4c3)cc2)cc1. The molecule has 0 saturated heterocycles. The molecule has 302 valence electrons. The second-order valence-electron chi connectivity index (χ2n) is 16.2. The molecule has 12 rings (SSSR count). The molecule has 0 spiro atoms. The number of hydrogen-bond acceptors (Lipinski definition) is 2. The van der Waals surface area contributed by atoms with E-state index >= 15 is 0 Å². The van der Waals surface area contributed by atoms with Crippen LogP contribution in [0.2, 0.25) is 0 Å². The molecule has 12 aromatic rings. The van der Waals surface area contributed by atoms with Crippen LogP contribution in [0.15, 0.2) is 255 Å². The van der Waals surface area contributed by atoms with Gasteiger partial charge in [0.15, 0.2) is 0 Å². The van der Waals surface area contributed by atoms with E-state index in [9.17, 15) is 0 Å². The molecule has 0 radical (unpaired) electrons. The van der Waals surface area contributed by atoms with Crippen molar-refractivity contribution in [2.24, 2.45) is 0 Å². The maximum atomic E-state index is 2.44. The van der Waals surface area contributed by atoms with Crippen LogP contribution in [0.25, 0.3) is 66.1 Å². The van der Waals surface area contributed by atoms with E-state index in [-0.39, 0.29) is 0 Å². The summed E-state index contributed by atoms with van der Waals surface area (Å²) in [6, 6.07) is 91.8. The number of nitrogens with zero attached hydrogens (tertiary/aromatic N) is 4. The number of para-hydroxylation sites is 5. The molecule has 0 N–H and O–H groups in total. The van der Waals surface area contributed by atoms with Crippen LogP contribution in [0.5, 0.6) is 0 Å². The van der Waals surface area contributed by atoms with E-state index in [0.717, 1.165) is 62.0 Å². The van der Waals surface area contributed by atoms with E-state index in [1.807, 2.05) is 0 Å². The zero-order valence-electron chi connectivity index (χ0n) is 35.0. The van der Waals surface area contributed by atoms with Crippen LogP contribution in [0.3, 0.4) is 0 Å². The molecule has 0 aliphatic rings. The van der Waals surface area contributed by atoms with Gasteiger partial charge in [-0.3, -0.25) is 0 Å². The third-order valence-corrected chi connectivity index (χ3v) is 12.5. The van der Waals surface area contributed by atoms with Crippen LogP contribution >= 0.6 is 0 Å². The van der Waals surface area contributed by atoms with Gasteiger partial charge in [-0.25, -0.2) is 0 Å². The Kier molecular flexibility index (Phi) is 9.12. The molecule has 0 amide bonds. The van der Waals surface area contributed by atoms with Gasteiger partial charge in [0.25, 0.3) is 0 Å². The fourth-order valence-electron chi connectivity index (χ4n) is 9.58. The van der Waals surface area contributed by atoms with E-state index < -0.39 is 0 Å². The number of benzene rings is 10. The van der Waals surface area contributed by atoms with Crippen molar-refractivity contribution < 1.29 is 0 Å². The van der Waals surface area contributed by atoms with Crippen molar-refractivity contribution in [3.05, 3.63) is 255 Å². The molecular weight excluding hydrogens is 777 g/mol. The summed E-state index contributed by atoms with van der Waals surface area (Å²) in [6.07, 6.45) is 0. The summed E-state index contributed by atoms with van der Waals surface area (Å²) in [5, 5.41) is 4.86. The third-order valence-electron chi connectivity index (χ3n) is 12.5. The molecule has 2 heterocycles. The topological polar surface area (TPSA) is 16.3 Å². The number of anilines is 6. The fraction of sp³-hybridized carbons (Fsp3) is 0. The molecule has 0 fully saturated rings. The highest BCUT2D eigenvalue weighted by molar-refractivity contribution is 6.12. The molecule has 10 aromatic carbocycles. The Morgan fingerprint density at radius 3 is 1.02 bits per heavy atom. The van der Waals surface area contributed by atoms with E-state index in [2.05, 4.69) is 274 Å². The maximum Gasteiger partial charge on any atom is 0.0561 e. The predicted octanol–water partition coefficient (Wildman–Crippen LogP) is 16.5. The first-order chi connectivity index (χ1) is 31.8. The van der Waals surface area contributed by atoms with Crippen LogP contribution in [-0.2, 0) is 0 Å². The van der Waals surface area contributed by atoms with Crippen molar-refractivity contribution in [3.8, 4) is 22.5 Å². The minimum absolute atomic E-state index is 1.09. The molecule has 2 aromatic heterocycles. The molecule has 0 atom stereocenters. The molecule has 64 heavy (non-hydrogen) atoms. The van der Waals surface area contributed by atoms with Gasteiger partial charge in [-0.1, -0.05) is 152 Å². The molecular formula is C60H42N4. The fourth-order valence-corrected chi connectivity index (χ4v) is 9.58. The first kappa shape index (κ1) is 37.2. The molecule has 4 heteroatoms. The van der Waals surface area contributed by atoms with Crippen molar-refractivity contribution in [2.45, 2.75) is 0 Å². The Hall–Kier alpha value is -8.60. The van der Waals surface area contributed by atoms with Crippen molar-refractivity contribution in [1.82, 2.24) is 9.13 Å². The van der Waals surface area contributed by atoms with E-state index in [1.54, 1.807) is 0 Å². The van der Waals surface area contributed by atoms with Gasteiger partial charge in [0.05, 0.1) is 22.1 Å². The normalized spacial score (nSPS) is 11.4. The molecule has 0 bridgehead atoms. The predicted molar refractivity (Wildman–Crippen MR) is 270 cm³/mol. The Morgan fingerprint density at radius 1 is 0.219 bits per heavy atom. The van der Waals surface area contributed by atoms with Crippen molar-refractivity contribution in [1.29, 1.82) is 0 Å². The summed E-state index contributed by atoms with van der Waals surface area (Å²) < 4.78 is 4.87. The van der Waals surface area contributed by atoms with Crippen LogP contribution in [0, 0.1) is 0 Å². The molecule has 0 saturated carbocycles. The lowest BCUT2D eigenvalue weighted by Crippen LogP contribution is -2.10. The quantitative estimate of drug-likeness (QED) is 0.144. The summed E-state index contributed by atoms with van der Waals surface area (Å²) in [5.41, 5.74) is 15.8. The van der Waals surface area contributed by atoms with Gasteiger partial charge >= 0.3 is 0 Å². The number of rotatable bonds is 9. The van der Waals surface area contributed by atoms with E-state index in [1.165, 1.54) is 38.2 Å². The first-order valence-corrected chi connectivity index (χ1v) is 21.8. The highest BCUT2D eigenvalue weighted by atomic mass is 15.2. The standard InChI is InChI=1S/C60H42N4/c1-5-18-43(19-6-1)44-32-34-48(35-33-44)62(47-24-11-4-12-25-47)52-37-39-56-54-29-14-16-31-58(54)64(60(56)42-52)50-27-17-26-49(40-50)63-57-30-15-13-28-53(57)55-38-36-51(41-59(55)63)61(45-20-7-2-8-21-45)46-22-9-3-10-23-46/h1-42H. The Morgan fingerprint density at radius 2 is 0.562 bits per heavy atom. The highest BCUT2D eigenvalue weighted by Crippen LogP contribution is 2.42. The minimum Gasteiger partial charge on any atom is -0.310 e. The van der Waals surface area contributed by atoms with Gasteiger partial charge in [0.2, 0.25) is 0 Å². The lowest BCUT2D eigenvalue weighted by atomic mass is 10.0. The van der Waals surface area contributed by atoms with E-state index in [4.69, 9.17) is 0 Å². The Balaban J connectivity index is 1.03. The summed E-state index contributed by atoms with van der Waals surface area (Å²) in [4.78, 5) is 4.69. The first-order valence-electron chi connectivity index (χ1n) is 21.8. The highest BCUT2D eigenvalue weighted by Gasteiger charge is 2.20. The lowest BCUT2D eigenvalue weighted by molar-refractivity contribution is 1.13. The van der Waals surface area contributed by atoms with Gasteiger partial charge in [-0.2, -0.15) is 0 Å². The van der Waals surface area contributed by atoms with Crippen LogP contribution < -0.4 is 9.80 Å². The number of aromatic nitrogens is 2. The van der Waals surface area contributed by atoms with Crippen molar-refractivity contribution in [3.63, 3.8) is 0 Å². The average Bonchev–Trinajstić information content (AvgIpc) is 3.88. The second kappa shape index (κ2) is 15.7. The molecule has 4 nitrogen and oxygen atoms in total. The third kappa shape index (κ3) is 6.40. The molecule has 0 unspecified atom stereocenters. The largest absolute Gasteiger partial charge is 0.310 e. The summed E-state index contributed by atoms with van der Waals surface area (Å²) in [5.74, 6) is 0. The zero-order chi connectivity index (χ0) is 42.4. The van der Waals surface area contributed by atoms with Crippen molar-refractivity contribution in [2.75, 3.05) is 9.80 Å². The van der Waals surface area contributed by atoms with Gasteiger partial charge in [-0.15, -0.1) is 0 Å². The summed E-state index contributed by atoms with van der Waals surface area (Å²) in [6.45, 7) is 0. The number of fused-ring (bicyclic) bond motifs is 6. The lowest BCUT2D eigenvalue weighted by Gasteiger charge is -2.26. The van der Waals surface area contributed by atoms with E-state index in [0.29, 0.717) is 0 Å². The average molecular weight is 819 g/mol. The molecule has 0 aliphatic heterocycles. The summed E-state index contributed by atoms with van der Waals surface area (Å²) in [7, 11) is 0. The minimum atomic E-state index is 1.09. The van der Waals surface area contributed by atoms with Gasteiger partial charge < -0.3 is 18.9 Å².